The van der Waals surface area contributed by atoms with Crippen LogP contribution in [0.4, 0.5) is 0 Å². The summed E-state index contributed by atoms with van der Waals surface area (Å²) in [7, 11) is 0. The van der Waals surface area contributed by atoms with Gasteiger partial charge in [-0.05, 0) is 18.6 Å². The Morgan fingerprint density at radius 1 is 1.09 bits per heavy atom. The lowest BCUT2D eigenvalue weighted by molar-refractivity contribution is -0.147. The number of benzene rings is 2. The van der Waals surface area contributed by atoms with E-state index in [9.17, 15) is 9.59 Å². The second kappa shape index (κ2) is 7.93. The van der Waals surface area contributed by atoms with Crippen molar-refractivity contribution in [2.75, 3.05) is 6.61 Å². The Balaban J connectivity index is 2.09. The van der Waals surface area contributed by atoms with E-state index in [0.717, 1.165) is 11.1 Å². The molecule has 2 rings (SSSR count). The van der Waals surface area contributed by atoms with E-state index in [0.29, 0.717) is 17.2 Å². The van der Waals surface area contributed by atoms with Gasteiger partial charge in [-0.15, -0.1) is 0 Å². The first kappa shape index (κ1) is 17.2. The van der Waals surface area contributed by atoms with E-state index < -0.39 is 5.92 Å². The monoisotopic (exact) mass is 330 g/mol. The fraction of sp³-hybridized carbons (Fsp3) is 0.263. The number of ether oxygens (including phenoxy) is 1. The van der Waals surface area contributed by atoms with Crippen LogP contribution in [0.15, 0.2) is 48.5 Å². The standard InChI is InChI=1S/C19H19ClO3/c1-3-23-19(22)13(2)12-18(21)15-10-8-14(9-11-15)16-6-4-5-7-17(16)20/h4-11,13H,3,12H2,1-2H3. The van der Waals surface area contributed by atoms with Crippen LogP contribution in [0.3, 0.4) is 0 Å². The molecule has 1 atom stereocenters. The van der Waals surface area contributed by atoms with Crippen molar-refractivity contribution in [3.05, 3.63) is 59.1 Å². The van der Waals surface area contributed by atoms with E-state index in [-0.39, 0.29) is 18.2 Å². The van der Waals surface area contributed by atoms with Gasteiger partial charge in [0.25, 0.3) is 0 Å². The zero-order valence-corrected chi connectivity index (χ0v) is 14.0. The molecule has 0 heterocycles. The van der Waals surface area contributed by atoms with E-state index in [2.05, 4.69) is 0 Å². The molecule has 120 valence electrons. The van der Waals surface area contributed by atoms with Crippen LogP contribution in [0.2, 0.25) is 5.02 Å². The molecular weight excluding hydrogens is 312 g/mol. The highest BCUT2D eigenvalue weighted by Crippen LogP contribution is 2.27. The lowest BCUT2D eigenvalue weighted by atomic mass is 9.97. The molecule has 0 bridgehead atoms. The molecule has 0 saturated heterocycles. The third-order valence-electron chi connectivity index (χ3n) is 3.57. The number of hydrogen-bond acceptors (Lipinski definition) is 3. The van der Waals surface area contributed by atoms with Crippen LogP contribution in [0.5, 0.6) is 0 Å². The maximum absolute atomic E-state index is 12.2. The fourth-order valence-corrected chi connectivity index (χ4v) is 2.54. The van der Waals surface area contributed by atoms with Crippen molar-refractivity contribution in [2.24, 2.45) is 5.92 Å². The van der Waals surface area contributed by atoms with Crippen LogP contribution in [0.1, 0.15) is 30.6 Å². The van der Waals surface area contributed by atoms with Crippen LogP contribution < -0.4 is 0 Å². The van der Waals surface area contributed by atoms with Gasteiger partial charge < -0.3 is 4.74 Å². The van der Waals surface area contributed by atoms with Crippen molar-refractivity contribution in [3.63, 3.8) is 0 Å². The van der Waals surface area contributed by atoms with Gasteiger partial charge in [-0.2, -0.15) is 0 Å². The molecule has 3 nitrogen and oxygen atoms in total. The van der Waals surface area contributed by atoms with Crippen LogP contribution in [0.25, 0.3) is 11.1 Å². The van der Waals surface area contributed by atoms with Gasteiger partial charge in [0.15, 0.2) is 5.78 Å². The van der Waals surface area contributed by atoms with Gasteiger partial charge in [0.2, 0.25) is 0 Å². The molecule has 0 saturated carbocycles. The van der Waals surface area contributed by atoms with Gasteiger partial charge in [-0.3, -0.25) is 9.59 Å². The minimum atomic E-state index is -0.439. The average molecular weight is 331 g/mol. The summed E-state index contributed by atoms with van der Waals surface area (Å²) in [5.41, 5.74) is 2.45. The Labute approximate surface area is 141 Å². The molecule has 0 aliphatic rings. The van der Waals surface area contributed by atoms with E-state index >= 15 is 0 Å². The summed E-state index contributed by atoms with van der Waals surface area (Å²) in [4.78, 5) is 23.8. The molecule has 0 aromatic heterocycles. The maximum Gasteiger partial charge on any atom is 0.309 e. The Bertz CT molecular complexity index is 692. The highest BCUT2D eigenvalue weighted by Gasteiger charge is 2.19. The van der Waals surface area contributed by atoms with Gasteiger partial charge in [0.1, 0.15) is 0 Å². The first-order valence-corrected chi connectivity index (χ1v) is 7.95. The number of halogens is 1. The van der Waals surface area contributed by atoms with Crippen LogP contribution in [-0.4, -0.2) is 18.4 Å². The van der Waals surface area contributed by atoms with Crippen molar-refractivity contribution in [1.29, 1.82) is 0 Å². The zero-order valence-electron chi connectivity index (χ0n) is 13.2. The summed E-state index contributed by atoms with van der Waals surface area (Å²) in [6, 6.07) is 14.8. The lowest BCUT2D eigenvalue weighted by Crippen LogP contribution is -2.18. The molecule has 0 N–H and O–H groups in total. The minimum Gasteiger partial charge on any atom is -0.466 e. The molecule has 2 aromatic carbocycles. The average Bonchev–Trinajstić information content (AvgIpc) is 2.55. The molecule has 0 amide bonds. The first-order valence-electron chi connectivity index (χ1n) is 7.57. The topological polar surface area (TPSA) is 43.4 Å². The number of Topliss-reactive ketones (excluding diaryl/α,β-unsaturated/α-hetero) is 1. The lowest BCUT2D eigenvalue weighted by Gasteiger charge is -2.10. The van der Waals surface area contributed by atoms with E-state index in [1.165, 1.54) is 0 Å². The predicted octanol–water partition coefficient (Wildman–Crippen LogP) is 4.78. The van der Waals surface area contributed by atoms with Gasteiger partial charge in [0, 0.05) is 22.6 Å². The van der Waals surface area contributed by atoms with Crippen LogP contribution in [0, 0.1) is 5.92 Å². The van der Waals surface area contributed by atoms with Crippen molar-refractivity contribution < 1.29 is 14.3 Å². The molecule has 0 aliphatic heterocycles. The molecule has 4 heteroatoms. The Hall–Kier alpha value is -2.13. The number of rotatable bonds is 6. The Morgan fingerprint density at radius 3 is 2.35 bits per heavy atom. The SMILES string of the molecule is CCOC(=O)C(C)CC(=O)c1ccc(-c2ccccc2Cl)cc1. The highest BCUT2D eigenvalue weighted by molar-refractivity contribution is 6.33. The summed E-state index contributed by atoms with van der Waals surface area (Å²) in [6.45, 7) is 3.78. The quantitative estimate of drug-likeness (QED) is 0.565. The van der Waals surface area contributed by atoms with Gasteiger partial charge in [-0.25, -0.2) is 0 Å². The maximum atomic E-state index is 12.2. The fourth-order valence-electron chi connectivity index (χ4n) is 2.29. The number of hydrogen-bond donors (Lipinski definition) is 0. The minimum absolute atomic E-state index is 0.0729. The van der Waals surface area contributed by atoms with E-state index in [4.69, 9.17) is 16.3 Å². The van der Waals surface area contributed by atoms with Crippen LogP contribution >= 0.6 is 11.6 Å². The van der Waals surface area contributed by atoms with Crippen molar-refractivity contribution in [1.82, 2.24) is 0 Å². The van der Waals surface area contributed by atoms with Crippen molar-refractivity contribution in [3.8, 4) is 11.1 Å². The van der Waals surface area contributed by atoms with Gasteiger partial charge in [-0.1, -0.05) is 61.0 Å². The van der Waals surface area contributed by atoms with Crippen LogP contribution in [-0.2, 0) is 9.53 Å². The molecule has 0 spiro atoms. The number of esters is 1. The largest absolute Gasteiger partial charge is 0.466 e. The number of carbonyl (C=O) groups is 2. The molecule has 1 unspecified atom stereocenters. The van der Waals surface area contributed by atoms with Crippen molar-refractivity contribution >= 4 is 23.4 Å². The third-order valence-corrected chi connectivity index (χ3v) is 3.90. The molecule has 0 fully saturated rings. The Kier molecular flexibility index (Phi) is 5.94. The molecule has 23 heavy (non-hydrogen) atoms. The summed E-state index contributed by atoms with van der Waals surface area (Å²) in [5, 5.41) is 0.669. The molecule has 0 radical (unpaired) electrons. The zero-order chi connectivity index (χ0) is 16.8. The van der Waals surface area contributed by atoms with Gasteiger partial charge in [0.05, 0.1) is 12.5 Å². The third kappa shape index (κ3) is 4.42. The summed E-state index contributed by atoms with van der Waals surface area (Å²) >= 11 is 6.18. The predicted molar refractivity (Wildman–Crippen MR) is 91.6 cm³/mol. The number of ketones is 1. The highest BCUT2D eigenvalue weighted by atomic mass is 35.5. The summed E-state index contributed by atoms with van der Waals surface area (Å²) in [5.74, 6) is -0.851. The smallest absolute Gasteiger partial charge is 0.309 e. The molecular formula is C19H19ClO3. The molecule has 2 aromatic rings. The Morgan fingerprint density at radius 2 is 1.74 bits per heavy atom. The molecule has 0 aliphatic carbocycles. The summed E-state index contributed by atoms with van der Waals surface area (Å²) in [6.07, 6.45) is 0.143. The summed E-state index contributed by atoms with van der Waals surface area (Å²) < 4.78 is 4.92. The second-order valence-electron chi connectivity index (χ2n) is 5.34. The number of carbonyl (C=O) groups excluding carboxylic acids is 2. The van der Waals surface area contributed by atoms with Crippen molar-refractivity contribution in [2.45, 2.75) is 20.3 Å². The van der Waals surface area contributed by atoms with Gasteiger partial charge >= 0.3 is 5.97 Å². The van der Waals surface area contributed by atoms with E-state index in [1.807, 2.05) is 36.4 Å². The normalized spacial score (nSPS) is 11.8. The second-order valence-corrected chi connectivity index (χ2v) is 5.74. The first-order chi connectivity index (χ1) is 11.0. The van der Waals surface area contributed by atoms with E-state index in [1.54, 1.807) is 26.0 Å².